The van der Waals surface area contributed by atoms with Crippen LogP contribution in [0.3, 0.4) is 0 Å². The van der Waals surface area contributed by atoms with E-state index in [1.165, 1.54) is 0 Å². The first kappa shape index (κ1) is 11.1. The minimum Gasteiger partial charge on any atom is -0.390 e. The smallest absolute Gasteiger partial charge is 0.177 e. The number of imidazole rings is 1. The molecule has 2 N–H and O–H groups in total. The van der Waals surface area contributed by atoms with Crippen molar-refractivity contribution in [1.29, 1.82) is 0 Å². The minimum absolute atomic E-state index is 0.00884. The van der Waals surface area contributed by atoms with Crippen molar-refractivity contribution >= 4 is 12.2 Å². The summed E-state index contributed by atoms with van der Waals surface area (Å²) in [6.45, 7) is 1.65. The molecule has 86 valence electrons. The number of nitrogens with zero attached hydrogens (tertiary/aromatic N) is 3. The number of aryl methyl sites for hydroxylation is 1. The van der Waals surface area contributed by atoms with E-state index in [9.17, 15) is 0 Å². The molecule has 0 atom stereocenters. The maximum Gasteiger partial charge on any atom is 0.177 e. The predicted octanol–water partition coefficient (Wildman–Crippen LogP) is 1.32. The van der Waals surface area contributed by atoms with Crippen LogP contribution >= 0.6 is 12.2 Å². The van der Waals surface area contributed by atoms with Gasteiger partial charge in [0, 0.05) is 31.7 Å². The summed E-state index contributed by atoms with van der Waals surface area (Å²) in [5, 5.41) is 13.2. The Morgan fingerprint density at radius 2 is 2.31 bits per heavy atom. The Morgan fingerprint density at radius 3 is 3.00 bits per heavy atom. The van der Waals surface area contributed by atoms with Crippen molar-refractivity contribution in [2.75, 3.05) is 0 Å². The van der Waals surface area contributed by atoms with E-state index in [-0.39, 0.29) is 6.61 Å². The molecule has 2 aromatic heterocycles. The topological polar surface area (TPSA) is 58.8 Å². The average Bonchev–Trinajstić information content (AvgIpc) is 2.90. The molecular formula is C10H14N4OS. The van der Waals surface area contributed by atoms with Crippen molar-refractivity contribution in [2.45, 2.75) is 26.1 Å². The molecule has 0 saturated heterocycles. The number of hydrogen-bond acceptors (Lipinski definition) is 3. The van der Waals surface area contributed by atoms with E-state index >= 15 is 0 Å². The second-order valence-electron chi connectivity index (χ2n) is 3.52. The van der Waals surface area contributed by atoms with Crippen LogP contribution in [0.15, 0.2) is 24.7 Å². The third kappa shape index (κ3) is 2.40. The quantitative estimate of drug-likeness (QED) is 0.772. The van der Waals surface area contributed by atoms with Gasteiger partial charge in [-0.2, -0.15) is 5.10 Å². The number of rotatable bonds is 5. The van der Waals surface area contributed by atoms with E-state index in [2.05, 4.69) is 10.1 Å². The van der Waals surface area contributed by atoms with Crippen LogP contribution in [0.4, 0.5) is 0 Å². The summed E-state index contributed by atoms with van der Waals surface area (Å²) < 4.78 is 4.46. The van der Waals surface area contributed by atoms with Gasteiger partial charge in [-0.05, 0) is 24.7 Å². The Labute approximate surface area is 98.3 Å². The van der Waals surface area contributed by atoms with Crippen LogP contribution in [-0.2, 0) is 19.7 Å². The molecular weight excluding hydrogens is 224 g/mol. The first-order chi connectivity index (χ1) is 7.81. The molecule has 6 heteroatoms. The number of aliphatic hydroxyl groups excluding tert-OH is 1. The molecule has 0 bridgehead atoms. The van der Waals surface area contributed by atoms with Gasteiger partial charge in [0.2, 0.25) is 0 Å². The Morgan fingerprint density at radius 1 is 1.44 bits per heavy atom. The second-order valence-corrected chi connectivity index (χ2v) is 3.90. The van der Waals surface area contributed by atoms with Crippen LogP contribution in [0.25, 0.3) is 0 Å². The molecule has 0 aromatic carbocycles. The Hall–Kier alpha value is -1.40. The summed E-state index contributed by atoms with van der Waals surface area (Å²) in [5.74, 6) is 0. The predicted molar refractivity (Wildman–Crippen MR) is 62.4 cm³/mol. The highest BCUT2D eigenvalue weighted by Gasteiger charge is 2.02. The monoisotopic (exact) mass is 238 g/mol. The zero-order valence-corrected chi connectivity index (χ0v) is 9.65. The summed E-state index contributed by atoms with van der Waals surface area (Å²) in [6.07, 6.45) is 6.38. The molecule has 2 heterocycles. The molecule has 0 fully saturated rings. The summed E-state index contributed by atoms with van der Waals surface area (Å²) in [5.41, 5.74) is 0.825. The standard InChI is InChI=1S/C10H14N4OS/c15-8-9-7-11-10(16)14(9)6-2-5-13-4-1-3-12-13/h1,3-4,7,15H,2,5-6,8H2,(H,11,16). The zero-order valence-electron chi connectivity index (χ0n) is 8.83. The molecule has 0 aliphatic heterocycles. The molecule has 5 nitrogen and oxygen atoms in total. The van der Waals surface area contributed by atoms with Gasteiger partial charge in [0.1, 0.15) is 0 Å². The van der Waals surface area contributed by atoms with Crippen molar-refractivity contribution in [3.05, 3.63) is 35.1 Å². The largest absolute Gasteiger partial charge is 0.390 e. The summed E-state index contributed by atoms with van der Waals surface area (Å²) in [4.78, 5) is 2.93. The van der Waals surface area contributed by atoms with E-state index < -0.39 is 0 Å². The molecule has 0 aliphatic rings. The van der Waals surface area contributed by atoms with Crippen molar-refractivity contribution in [2.24, 2.45) is 0 Å². The van der Waals surface area contributed by atoms with Crippen molar-refractivity contribution < 1.29 is 5.11 Å². The van der Waals surface area contributed by atoms with Gasteiger partial charge in [0.25, 0.3) is 0 Å². The van der Waals surface area contributed by atoms with Gasteiger partial charge in [-0.3, -0.25) is 4.68 Å². The molecule has 2 rings (SSSR count). The SMILES string of the molecule is OCc1c[nH]c(=S)n1CCCn1cccn1. The fourth-order valence-electron chi connectivity index (χ4n) is 1.63. The average molecular weight is 238 g/mol. The van der Waals surface area contributed by atoms with Gasteiger partial charge < -0.3 is 14.7 Å². The molecule has 2 aromatic rings. The molecule has 0 radical (unpaired) electrons. The van der Waals surface area contributed by atoms with E-state index in [1.54, 1.807) is 12.4 Å². The normalized spacial score (nSPS) is 10.8. The van der Waals surface area contributed by atoms with Gasteiger partial charge >= 0.3 is 0 Å². The Balaban J connectivity index is 1.94. The van der Waals surface area contributed by atoms with E-state index in [1.807, 2.05) is 21.5 Å². The van der Waals surface area contributed by atoms with Crippen LogP contribution in [0.1, 0.15) is 12.1 Å². The Kier molecular flexibility index (Phi) is 3.53. The van der Waals surface area contributed by atoms with Gasteiger partial charge in [-0.1, -0.05) is 0 Å². The third-order valence-electron chi connectivity index (χ3n) is 2.44. The summed E-state index contributed by atoms with van der Waals surface area (Å²) in [6, 6.07) is 1.90. The fourth-order valence-corrected chi connectivity index (χ4v) is 1.90. The van der Waals surface area contributed by atoms with Gasteiger partial charge in [-0.25, -0.2) is 0 Å². The molecule has 0 saturated carbocycles. The number of aromatic amines is 1. The molecule has 0 aliphatic carbocycles. The lowest BCUT2D eigenvalue weighted by molar-refractivity contribution is 0.269. The van der Waals surface area contributed by atoms with Crippen molar-refractivity contribution in [3.63, 3.8) is 0 Å². The third-order valence-corrected chi connectivity index (χ3v) is 2.78. The molecule has 0 spiro atoms. The lowest BCUT2D eigenvalue weighted by atomic mass is 10.4. The fraction of sp³-hybridized carbons (Fsp3) is 0.400. The van der Waals surface area contributed by atoms with Crippen LogP contribution in [0.2, 0.25) is 0 Å². The van der Waals surface area contributed by atoms with Crippen molar-refractivity contribution in [1.82, 2.24) is 19.3 Å². The number of aromatic nitrogens is 4. The van der Waals surface area contributed by atoms with E-state index in [0.29, 0.717) is 4.77 Å². The van der Waals surface area contributed by atoms with Gasteiger partial charge in [0.15, 0.2) is 4.77 Å². The van der Waals surface area contributed by atoms with E-state index in [0.717, 1.165) is 25.2 Å². The van der Waals surface area contributed by atoms with Gasteiger partial charge in [-0.15, -0.1) is 0 Å². The number of aliphatic hydroxyl groups is 1. The highest BCUT2D eigenvalue weighted by Crippen LogP contribution is 2.03. The first-order valence-corrected chi connectivity index (χ1v) is 5.57. The van der Waals surface area contributed by atoms with Crippen LogP contribution in [0, 0.1) is 4.77 Å². The summed E-state index contributed by atoms with van der Waals surface area (Å²) in [7, 11) is 0. The maximum absolute atomic E-state index is 9.11. The number of H-pyrrole nitrogens is 1. The molecule has 0 unspecified atom stereocenters. The lowest BCUT2D eigenvalue weighted by Crippen LogP contribution is -2.07. The highest BCUT2D eigenvalue weighted by atomic mass is 32.1. The van der Waals surface area contributed by atoms with Crippen LogP contribution in [-0.4, -0.2) is 24.4 Å². The van der Waals surface area contributed by atoms with E-state index in [4.69, 9.17) is 17.3 Å². The highest BCUT2D eigenvalue weighted by molar-refractivity contribution is 7.71. The summed E-state index contributed by atoms with van der Waals surface area (Å²) >= 11 is 5.13. The maximum atomic E-state index is 9.11. The van der Waals surface area contributed by atoms with Crippen molar-refractivity contribution in [3.8, 4) is 0 Å². The molecule has 16 heavy (non-hydrogen) atoms. The van der Waals surface area contributed by atoms with Crippen LogP contribution < -0.4 is 0 Å². The Bertz CT molecular complexity index is 485. The first-order valence-electron chi connectivity index (χ1n) is 5.16. The lowest BCUT2D eigenvalue weighted by Gasteiger charge is -2.06. The zero-order chi connectivity index (χ0) is 11.4. The van der Waals surface area contributed by atoms with Crippen LogP contribution in [0.5, 0.6) is 0 Å². The van der Waals surface area contributed by atoms with Gasteiger partial charge in [0.05, 0.1) is 12.3 Å². The molecule has 0 amide bonds. The number of nitrogens with one attached hydrogen (secondary N) is 1. The minimum atomic E-state index is 0.00884. The number of hydrogen-bond donors (Lipinski definition) is 2. The second kappa shape index (κ2) is 5.09.